The third-order valence-corrected chi connectivity index (χ3v) is 4.39. The molecule has 4 heteroatoms. The van der Waals surface area contributed by atoms with E-state index in [-0.39, 0.29) is 30.7 Å². The monoisotopic (exact) mass is 320 g/mol. The number of ether oxygens (including phenoxy) is 2. The van der Waals surface area contributed by atoms with Crippen LogP contribution in [0.25, 0.3) is 0 Å². The van der Waals surface area contributed by atoms with E-state index in [2.05, 4.69) is 33.4 Å². The molecule has 0 aromatic rings. The van der Waals surface area contributed by atoms with Gasteiger partial charge in [-0.1, -0.05) is 32.1 Å². The number of aliphatic hydroxyl groups excluding tert-OH is 1. The molecule has 23 heavy (non-hydrogen) atoms. The van der Waals surface area contributed by atoms with Gasteiger partial charge in [-0.15, -0.1) is 0 Å². The van der Waals surface area contributed by atoms with Crippen LogP contribution in [0, 0.1) is 11.8 Å². The maximum Gasteiger partial charge on any atom is 0.334 e. The first kappa shape index (κ1) is 18.0. The van der Waals surface area contributed by atoms with Crippen LogP contribution in [0.1, 0.15) is 40.0 Å². The summed E-state index contributed by atoms with van der Waals surface area (Å²) >= 11 is 0. The molecule has 0 aromatic heterocycles. The van der Waals surface area contributed by atoms with Gasteiger partial charge in [-0.2, -0.15) is 0 Å². The average molecular weight is 320 g/mol. The topological polar surface area (TPSA) is 55.8 Å². The Balaban J connectivity index is 2.33. The second-order valence-corrected chi connectivity index (χ2v) is 6.96. The molecule has 0 saturated carbocycles. The number of allylic oxidation sites excluding steroid dienone is 1. The van der Waals surface area contributed by atoms with Gasteiger partial charge in [0.15, 0.2) is 0 Å². The SMILES string of the molecule is C=C1C(=O)O[C@@H]2/C=C(\CO)CC/C=C(\C)C[C@H](OCC(C)C)[C@@H]12. The second-order valence-electron chi connectivity index (χ2n) is 6.96. The van der Waals surface area contributed by atoms with Crippen molar-refractivity contribution in [3.8, 4) is 0 Å². The van der Waals surface area contributed by atoms with Crippen molar-refractivity contribution in [1.82, 2.24) is 0 Å². The van der Waals surface area contributed by atoms with Crippen molar-refractivity contribution < 1.29 is 19.4 Å². The van der Waals surface area contributed by atoms with E-state index in [1.54, 1.807) is 0 Å². The molecule has 4 nitrogen and oxygen atoms in total. The van der Waals surface area contributed by atoms with Crippen LogP contribution < -0.4 is 0 Å². The van der Waals surface area contributed by atoms with Crippen molar-refractivity contribution >= 4 is 5.97 Å². The molecule has 1 aliphatic carbocycles. The molecular formula is C19H28O4. The number of carbonyl (C=O) groups excluding carboxylic acids is 1. The maximum atomic E-state index is 12.0. The highest BCUT2D eigenvalue weighted by atomic mass is 16.6. The summed E-state index contributed by atoms with van der Waals surface area (Å²) in [7, 11) is 0. The first-order chi connectivity index (χ1) is 10.9. The minimum absolute atomic E-state index is 0.0162. The van der Waals surface area contributed by atoms with Crippen molar-refractivity contribution in [2.75, 3.05) is 13.2 Å². The van der Waals surface area contributed by atoms with Crippen LogP contribution in [0.4, 0.5) is 0 Å². The molecule has 1 heterocycles. The lowest BCUT2D eigenvalue weighted by Gasteiger charge is -2.28. The molecule has 128 valence electrons. The van der Waals surface area contributed by atoms with Crippen LogP contribution >= 0.6 is 0 Å². The lowest BCUT2D eigenvalue weighted by atomic mass is 9.85. The van der Waals surface area contributed by atoms with Crippen LogP contribution in [0.15, 0.2) is 35.5 Å². The van der Waals surface area contributed by atoms with E-state index in [9.17, 15) is 9.90 Å². The average Bonchev–Trinajstić information content (AvgIpc) is 2.77. The Bertz CT molecular complexity index is 515. The Kier molecular flexibility index (Phi) is 6.19. The first-order valence-corrected chi connectivity index (χ1v) is 8.39. The van der Waals surface area contributed by atoms with Crippen LogP contribution in [-0.4, -0.2) is 36.5 Å². The summed E-state index contributed by atoms with van der Waals surface area (Å²) < 4.78 is 11.6. The Morgan fingerprint density at radius 3 is 2.87 bits per heavy atom. The van der Waals surface area contributed by atoms with Crippen molar-refractivity contribution in [3.63, 3.8) is 0 Å². The number of aliphatic hydroxyl groups is 1. The molecule has 0 bridgehead atoms. The van der Waals surface area contributed by atoms with Crippen LogP contribution in [0.2, 0.25) is 0 Å². The van der Waals surface area contributed by atoms with Gasteiger partial charge in [0.25, 0.3) is 0 Å². The molecule has 1 fully saturated rings. The van der Waals surface area contributed by atoms with Crippen molar-refractivity contribution in [2.24, 2.45) is 11.8 Å². The Morgan fingerprint density at radius 2 is 2.22 bits per heavy atom. The summed E-state index contributed by atoms with van der Waals surface area (Å²) in [6, 6.07) is 0. The largest absolute Gasteiger partial charge is 0.454 e. The quantitative estimate of drug-likeness (QED) is 0.491. The molecular weight excluding hydrogens is 292 g/mol. The molecule has 2 rings (SSSR count). The summed E-state index contributed by atoms with van der Waals surface area (Å²) in [5.41, 5.74) is 2.62. The molecule has 0 spiro atoms. The van der Waals surface area contributed by atoms with E-state index in [4.69, 9.17) is 9.47 Å². The zero-order chi connectivity index (χ0) is 17.0. The predicted octanol–water partition coefficient (Wildman–Crippen LogP) is 3.17. The molecule has 0 radical (unpaired) electrons. The third kappa shape index (κ3) is 4.55. The highest BCUT2D eigenvalue weighted by Gasteiger charge is 2.43. The third-order valence-electron chi connectivity index (χ3n) is 4.39. The van der Waals surface area contributed by atoms with Crippen molar-refractivity contribution in [1.29, 1.82) is 0 Å². The summed E-state index contributed by atoms with van der Waals surface area (Å²) in [4.78, 5) is 12.0. The van der Waals surface area contributed by atoms with Gasteiger partial charge < -0.3 is 14.6 Å². The molecule has 0 unspecified atom stereocenters. The minimum Gasteiger partial charge on any atom is -0.454 e. The number of fused-ring (bicyclic) bond motifs is 1. The van der Waals surface area contributed by atoms with E-state index < -0.39 is 0 Å². The number of rotatable bonds is 4. The zero-order valence-corrected chi connectivity index (χ0v) is 14.4. The van der Waals surface area contributed by atoms with Gasteiger partial charge in [0.05, 0.1) is 18.6 Å². The molecule has 3 atom stereocenters. The smallest absolute Gasteiger partial charge is 0.334 e. The number of carbonyl (C=O) groups is 1. The molecule has 2 aliphatic rings. The van der Waals surface area contributed by atoms with E-state index in [0.29, 0.717) is 18.1 Å². The van der Waals surface area contributed by atoms with Crippen LogP contribution in [-0.2, 0) is 14.3 Å². The van der Waals surface area contributed by atoms with Gasteiger partial charge >= 0.3 is 5.97 Å². The van der Waals surface area contributed by atoms with Crippen LogP contribution in [0.3, 0.4) is 0 Å². The van der Waals surface area contributed by atoms with Crippen LogP contribution in [0.5, 0.6) is 0 Å². The molecule has 0 aromatic carbocycles. The Morgan fingerprint density at radius 1 is 1.48 bits per heavy atom. The summed E-state index contributed by atoms with van der Waals surface area (Å²) in [6.45, 7) is 10.9. The van der Waals surface area contributed by atoms with E-state index in [1.807, 2.05) is 6.08 Å². The fourth-order valence-electron chi connectivity index (χ4n) is 3.14. The number of hydrogen-bond acceptors (Lipinski definition) is 4. The number of esters is 1. The zero-order valence-electron chi connectivity index (χ0n) is 14.4. The van der Waals surface area contributed by atoms with Gasteiger partial charge in [0.2, 0.25) is 0 Å². The molecule has 0 amide bonds. The summed E-state index contributed by atoms with van der Waals surface area (Å²) in [5.74, 6) is -0.125. The molecule has 1 N–H and O–H groups in total. The normalized spacial score (nSPS) is 33.5. The highest BCUT2D eigenvalue weighted by Crippen LogP contribution is 2.36. The van der Waals surface area contributed by atoms with Gasteiger partial charge in [-0.25, -0.2) is 4.79 Å². The molecule has 1 aliphatic heterocycles. The second kappa shape index (κ2) is 7.93. The predicted molar refractivity (Wildman–Crippen MR) is 89.9 cm³/mol. The maximum absolute atomic E-state index is 12.0. The van der Waals surface area contributed by atoms with Gasteiger partial charge in [0.1, 0.15) is 6.10 Å². The van der Waals surface area contributed by atoms with Gasteiger partial charge in [-0.3, -0.25) is 0 Å². The molecule has 1 saturated heterocycles. The number of hydrogen-bond donors (Lipinski definition) is 1. The van der Waals surface area contributed by atoms with Gasteiger partial charge in [-0.05, 0) is 43.8 Å². The van der Waals surface area contributed by atoms with E-state index >= 15 is 0 Å². The van der Waals surface area contributed by atoms with Crippen molar-refractivity contribution in [3.05, 3.63) is 35.5 Å². The van der Waals surface area contributed by atoms with Gasteiger partial charge in [0, 0.05) is 12.2 Å². The van der Waals surface area contributed by atoms with E-state index in [1.165, 1.54) is 5.57 Å². The van der Waals surface area contributed by atoms with Crippen molar-refractivity contribution in [2.45, 2.75) is 52.2 Å². The van der Waals surface area contributed by atoms with E-state index in [0.717, 1.165) is 24.8 Å². The standard InChI is InChI=1S/C19H28O4/c1-12(2)11-22-16-8-13(3)6-5-7-15(10-20)9-17-18(16)14(4)19(21)23-17/h6,9,12,16-18,20H,4-5,7-8,10-11H2,1-3H3/b13-6+,15-9-/t16-,17+,18+/m0/s1. The lowest BCUT2D eigenvalue weighted by Crippen LogP contribution is -2.32. The fraction of sp³-hybridized carbons (Fsp3) is 0.632. The Hall–Kier alpha value is -1.39. The summed E-state index contributed by atoms with van der Waals surface area (Å²) in [5, 5.41) is 9.55. The Labute approximate surface area is 138 Å². The fourth-order valence-corrected chi connectivity index (χ4v) is 3.14. The minimum atomic E-state index is -0.389. The highest BCUT2D eigenvalue weighted by molar-refractivity contribution is 5.91. The first-order valence-electron chi connectivity index (χ1n) is 8.39. The lowest BCUT2D eigenvalue weighted by molar-refractivity contribution is -0.137. The summed E-state index contributed by atoms with van der Waals surface area (Å²) in [6.07, 6.45) is 5.98.